The van der Waals surface area contributed by atoms with Crippen molar-refractivity contribution in [3.8, 4) is 0 Å². The SMILES string of the molecule is S=C(NN1CC=C(c2ccc3[nH]cc(CCN4CCCC4)c3c2)CC1)C1CCCCC1. The third kappa shape index (κ3) is 5.05. The second-order valence-electron chi connectivity index (χ2n) is 9.61. The molecular weight excluding hydrogens is 400 g/mol. The van der Waals surface area contributed by atoms with Gasteiger partial charge in [0.1, 0.15) is 0 Å². The minimum Gasteiger partial charge on any atom is -0.361 e. The number of hydrazine groups is 1. The average Bonchev–Trinajstić information content (AvgIpc) is 3.48. The lowest BCUT2D eigenvalue weighted by Gasteiger charge is -2.31. The van der Waals surface area contributed by atoms with Crippen molar-refractivity contribution < 1.29 is 0 Å². The smallest absolute Gasteiger partial charge is 0.0928 e. The van der Waals surface area contributed by atoms with E-state index in [2.05, 4.69) is 50.8 Å². The number of benzene rings is 1. The molecule has 3 heterocycles. The second kappa shape index (κ2) is 9.85. The minimum atomic E-state index is 0.587. The summed E-state index contributed by atoms with van der Waals surface area (Å²) in [5, 5.41) is 3.70. The van der Waals surface area contributed by atoms with E-state index in [1.165, 1.54) is 92.2 Å². The van der Waals surface area contributed by atoms with Crippen LogP contribution in [-0.2, 0) is 6.42 Å². The fourth-order valence-corrected chi connectivity index (χ4v) is 5.88. The van der Waals surface area contributed by atoms with Gasteiger partial charge in [0.05, 0.1) is 4.99 Å². The predicted molar refractivity (Wildman–Crippen MR) is 134 cm³/mol. The van der Waals surface area contributed by atoms with Crippen LogP contribution in [-0.4, -0.2) is 52.6 Å². The van der Waals surface area contributed by atoms with E-state index in [-0.39, 0.29) is 0 Å². The second-order valence-corrected chi connectivity index (χ2v) is 10.0. The van der Waals surface area contributed by atoms with Crippen LogP contribution >= 0.6 is 12.2 Å². The molecule has 5 rings (SSSR count). The van der Waals surface area contributed by atoms with Gasteiger partial charge in [0, 0.05) is 42.7 Å². The minimum absolute atomic E-state index is 0.587. The fraction of sp³-hybridized carbons (Fsp3) is 0.577. The molecule has 2 aromatic rings. The molecule has 3 aliphatic rings. The summed E-state index contributed by atoms with van der Waals surface area (Å²) in [6, 6.07) is 6.95. The van der Waals surface area contributed by atoms with Gasteiger partial charge in [-0.3, -0.25) is 0 Å². The Morgan fingerprint density at radius 2 is 1.90 bits per heavy atom. The van der Waals surface area contributed by atoms with Gasteiger partial charge in [-0.15, -0.1) is 0 Å². The highest BCUT2D eigenvalue weighted by molar-refractivity contribution is 7.80. The van der Waals surface area contributed by atoms with Crippen LogP contribution < -0.4 is 5.43 Å². The number of hydrogen-bond acceptors (Lipinski definition) is 3. The van der Waals surface area contributed by atoms with E-state index in [9.17, 15) is 0 Å². The molecule has 166 valence electrons. The number of aromatic amines is 1. The summed E-state index contributed by atoms with van der Waals surface area (Å²) in [5.41, 5.74) is 9.12. The first-order valence-electron chi connectivity index (χ1n) is 12.3. The molecule has 1 saturated heterocycles. The maximum Gasteiger partial charge on any atom is 0.0928 e. The summed E-state index contributed by atoms with van der Waals surface area (Å²) in [6.45, 7) is 5.67. The summed E-state index contributed by atoms with van der Waals surface area (Å²) < 4.78 is 0. The standard InChI is InChI=1S/C26H36N4S/c31-26(21-6-2-1-3-7-21)28-30-16-11-20(12-17-30)22-8-9-25-24(18-22)23(19-27-25)10-15-29-13-4-5-14-29/h8-9,11,18-19,21,27H,1-7,10,12-17H2,(H,28,31). The zero-order valence-corrected chi connectivity index (χ0v) is 19.5. The first-order chi connectivity index (χ1) is 15.3. The Morgan fingerprint density at radius 3 is 2.68 bits per heavy atom. The fourth-order valence-electron chi connectivity index (χ4n) is 5.51. The number of aromatic nitrogens is 1. The molecule has 0 atom stereocenters. The zero-order chi connectivity index (χ0) is 21.0. The molecule has 1 aromatic heterocycles. The summed E-state index contributed by atoms with van der Waals surface area (Å²) in [4.78, 5) is 7.15. The lowest BCUT2D eigenvalue weighted by atomic mass is 9.89. The van der Waals surface area contributed by atoms with Crippen molar-refractivity contribution in [3.63, 3.8) is 0 Å². The van der Waals surface area contributed by atoms with Crippen LogP contribution in [0.15, 0.2) is 30.5 Å². The van der Waals surface area contributed by atoms with Crippen LogP contribution in [0, 0.1) is 5.92 Å². The van der Waals surface area contributed by atoms with Crippen LogP contribution in [0.5, 0.6) is 0 Å². The van der Waals surface area contributed by atoms with Gasteiger partial charge in [0.15, 0.2) is 0 Å². The van der Waals surface area contributed by atoms with Crippen molar-refractivity contribution in [1.82, 2.24) is 20.3 Å². The summed E-state index contributed by atoms with van der Waals surface area (Å²) in [7, 11) is 0. The quantitative estimate of drug-likeness (QED) is 0.602. The van der Waals surface area contributed by atoms with E-state index in [0.717, 1.165) is 30.9 Å². The van der Waals surface area contributed by atoms with Gasteiger partial charge in [0.2, 0.25) is 0 Å². The molecule has 2 aliphatic heterocycles. The first-order valence-corrected chi connectivity index (χ1v) is 12.7. The van der Waals surface area contributed by atoms with Gasteiger partial charge in [-0.25, -0.2) is 5.01 Å². The topological polar surface area (TPSA) is 34.3 Å². The molecular formula is C26H36N4S. The number of hydrogen-bond donors (Lipinski definition) is 2. The van der Waals surface area contributed by atoms with E-state index < -0.39 is 0 Å². The normalized spacial score (nSPS) is 21.5. The van der Waals surface area contributed by atoms with Gasteiger partial charge < -0.3 is 15.3 Å². The van der Waals surface area contributed by atoms with Crippen LogP contribution in [0.25, 0.3) is 16.5 Å². The Labute approximate surface area is 192 Å². The van der Waals surface area contributed by atoms with Gasteiger partial charge in [-0.05, 0) is 80.4 Å². The number of nitrogens with zero attached hydrogens (tertiary/aromatic N) is 2. The number of rotatable bonds is 6. The van der Waals surface area contributed by atoms with Gasteiger partial charge in [-0.1, -0.05) is 43.6 Å². The molecule has 0 bridgehead atoms. The van der Waals surface area contributed by atoms with E-state index >= 15 is 0 Å². The Hall–Kier alpha value is -1.69. The predicted octanol–water partition coefficient (Wildman–Crippen LogP) is 5.31. The van der Waals surface area contributed by atoms with Gasteiger partial charge >= 0.3 is 0 Å². The van der Waals surface area contributed by atoms with E-state index in [1.54, 1.807) is 0 Å². The third-order valence-corrected chi connectivity index (χ3v) is 7.91. The molecule has 2 N–H and O–H groups in total. The Morgan fingerprint density at radius 1 is 1.06 bits per heavy atom. The summed E-state index contributed by atoms with van der Waals surface area (Å²) in [5.74, 6) is 0.587. The van der Waals surface area contributed by atoms with Crippen LogP contribution in [0.2, 0.25) is 0 Å². The van der Waals surface area contributed by atoms with Crippen LogP contribution in [0.3, 0.4) is 0 Å². The number of nitrogens with one attached hydrogen (secondary N) is 2. The Kier molecular flexibility index (Phi) is 6.72. The van der Waals surface area contributed by atoms with Gasteiger partial charge in [-0.2, -0.15) is 0 Å². The Balaban J connectivity index is 1.22. The van der Waals surface area contributed by atoms with E-state index in [4.69, 9.17) is 12.2 Å². The molecule has 31 heavy (non-hydrogen) atoms. The molecule has 0 amide bonds. The van der Waals surface area contributed by atoms with Crippen molar-refractivity contribution in [1.29, 1.82) is 0 Å². The number of thiocarbonyl (C=S) groups is 1. The zero-order valence-electron chi connectivity index (χ0n) is 18.7. The molecule has 1 saturated carbocycles. The monoisotopic (exact) mass is 436 g/mol. The summed E-state index contributed by atoms with van der Waals surface area (Å²) in [6.07, 6.45) is 16.1. The number of H-pyrrole nitrogens is 1. The van der Waals surface area contributed by atoms with Crippen molar-refractivity contribution in [2.45, 2.75) is 57.8 Å². The molecule has 0 radical (unpaired) electrons. The maximum atomic E-state index is 5.72. The van der Waals surface area contributed by atoms with Crippen molar-refractivity contribution in [2.75, 3.05) is 32.7 Å². The molecule has 4 nitrogen and oxygen atoms in total. The average molecular weight is 437 g/mol. The Bertz CT molecular complexity index is 934. The third-order valence-electron chi connectivity index (χ3n) is 7.49. The largest absolute Gasteiger partial charge is 0.361 e. The molecule has 0 spiro atoms. The highest BCUT2D eigenvalue weighted by Gasteiger charge is 2.21. The summed E-state index contributed by atoms with van der Waals surface area (Å²) >= 11 is 5.72. The molecule has 5 heteroatoms. The van der Waals surface area contributed by atoms with Gasteiger partial charge in [0.25, 0.3) is 0 Å². The van der Waals surface area contributed by atoms with Crippen LogP contribution in [0.1, 0.15) is 62.5 Å². The highest BCUT2D eigenvalue weighted by atomic mass is 32.1. The molecule has 1 aromatic carbocycles. The highest BCUT2D eigenvalue weighted by Crippen LogP contribution is 2.28. The van der Waals surface area contributed by atoms with Crippen molar-refractivity contribution in [2.24, 2.45) is 5.92 Å². The van der Waals surface area contributed by atoms with E-state index in [1.807, 2.05) is 0 Å². The number of fused-ring (bicyclic) bond motifs is 1. The molecule has 0 unspecified atom stereocenters. The lowest BCUT2D eigenvalue weighted by Crippen LogP contribution is -2.46. The van der Waals surface area contributed by atoms with E-state index in [0.29, 0.717) is 5.92 Å². The molecule has 2 fully saturated rings. The first kappa shape index (κ1) is 21.2. The van der Waals surface area contributed by atoms with Crippen LogP contribution in [0.4, 0.5) is 0 Å². The lowest BCUT2D eigenvalue weighted by molar-refractivity contribution is 0.254. The number of likely N-dealkylation sites (tertiary alicyclic amines) is 1. The maximum absolute atomic E-state index is 5.72. The van der Waals surface area contributed by atoms with Crippen molar-refractivity contribution in [3.05, 3.63) is 41.6 Å². The molecule has 1 aliphatic carbocycles. The van der Waals surface area contributed by atoms with Crippen molar-refractivity contribution >= 4 is 33.7 Å².